The molecule has 2 rings (SSSR count). The molecule has 2 heterocycles. The Morgan fingerprint density at radius 2 is 2.11 bits per heavy atom. The molecule has 0 aromatic heterocycles. The molecule has 0 fully saturated rings. The van der Waals surface area contributed by atoms with Crippen molar-refractivity contribution < 1.29 is 15.1 Å². The second-order valence-corrected chi connectivity index (χ2v) is 4.79. The third-order valence-electron chi connectivity index (χ3n) is 3.29. The van der Waals surface area contributed by atoms with E-state index in [1.165, 1.54) is 0 Å². The summed E-state index contributed by atoms with van der Waals surface area (Å²) in [6, 6.07) is -0.0715. The lowest BCUT2D eigenvalue weighted by atomic mass is 9.99. The van der Waals surface area contributed by atoms with Gasteiger partial charge in [-0.2, -0.15) is 5.06 Å². The average molecular weight is 250 g/mol. The summed E-state index contributed by atoms with van der Waals surface area (Å²) in [5.74, 6) is -0.0879. The normalized spacial score (nSPS) is 20.8. The first kappa shape index (κ1) is 12.9. The van der Waals surface area contributed by atoms with Crippen molar-refractivity contribution in [3.8, 4) is 0 Å². The molecule has 5 nitrogen and oxygen atoms in total. The quantitative estimate of drug-likeness (QED) is 0.739. The maximum Gasteiger partial charge on any atom is 0.254 e. The van der Waals surface area contributed by atoms with Gasteiger partial charge in [0, 0.05) is 12.6 Å². The van der Waals surface area contributed by atoms with E-state index in [4.69, 9.17) is 0 Å². The largest absolute Gasteiger partial charge is 0.394 e. The standard InChI is InChI=1S/C13H18N2O3/c1-9(2)12(8-16)14-7-3-4-11-10(14)5-6-13(17)15(11)18/h3-5,7,9,12,16,18H,6,8H2,1-2H3. The van der Waals surface area contributed by atoms with Crippen molar-refractivity contribution in [3.63, 3.8) is 0 Å². The van der Waals surface area contributed by atoms with Crippen LogP contribution in [0.5, 0.6) is 0 Å². The van der Waals surface area contributed by atoms with Gasteiger partial charge in [-0.1, -0.05) is 13.8 Å². The highest BCUT2D eigenvalue weighted by Gasteiger charge is 2.31. The molecule has 5 heteroatoms. The van der Waals surface area contributed by atoms with Crippen LogP contribution in [0.15, 0.2) is 35.8 Å². The Hall–Kier alpha value is -1.59. The summed E-state index contributed by atoms with van der Waals surface area (Å²) in [5.41, 5.74) is 1.24. The highest BCUT2D eigenvalue weighted by atomic mass is 16.5. The van der Waals surface area contributed by atoms with Crippen molar-refractivity contribution in [2.45, 2.75) is 26.3 Å². The predicted octanol–water partition coefficient (Wildman–Crippen LogP) is 1.22. The SMILES string of the molecule is CC(C)C(CO)N1C=CC=C2C1=CCC(=O)N2O. The molecule has 0 aromatic rings. The topological polar surface area (TPSA) is 64.0 Å². The van der Waals surface area contributed by atoms with E-state index in [9.17, 15) is 15.1 Å². The predicted molar refractivity (Wildman–Crippen MR) is 66.1 cm³/mol. The molecule has 1 amide bonds. The maximum atomic E-state index is 11.4. The van der Waals surface area contributed by atoms with E-state index < -0.39 is 0 Å². The molecule has 18 heavy (non-hydrogen) atoms. The number of hydrogen-bond donors (Lipinski definition) is 2. The summed E-state index contributed by atoms with van der Waals surface area (Å²) < 4.78 is 0. The van der Waals surface area contributed by atoms with Crippen LogP contribution in [0.25, 0.3) is 0 Å². The monoisotopic (exact) mass is 250 g/mol. The number of carbonyl (C=O) groups is 1. The Kier molecular flexibility index (Phi) is 3.54. The van der Waals surface area contributed by atoms with Gasteiger partial charge in [-0.25, -0.2) is 0 Å². The van der Waals surface area contributed by atoms with E-state index in [2.05, 4.69) is 0 Å². The Morgan fingerprint density at radius 3 is 2.72 bits per heavy atom. The molecule has 0 aliphatic carbocycles. The molecular weight excluding hydrogens is 232 g/mol. The zero-order chi connectivity index (χ0) is 13.3. The summed E-state index contributed by atoms with van der Waals surface area (Å²) >= 11 is 0. The van der Waals surface area contributed by atoms with Crippen LogP contribution in [0.3, 0.4) is 0 Å². The first-order valence-electron chi connectivity index (χ1n) is 6.06. The Labute approximate surface area is 106 Å². The van der Waals surface area contributed by atoms with E-state index >= 15 is 0 Å². The molecular formula is C13H18N2O3. The van der Waals surface area contributed by atoms with Crippen LogP contribution in [0.4, 0.5) is 0 Å². The van der Waals surface area contributed by atoms with Crippen LogP contribution < -0.4 is 0 Å². The minimum absolute atomic E-state index is 0.0198. The minimum atomic E-state index is -0.342. The number of carbonyl (C=O) groups excluding carboxylic acids is 1. The lowest BCUT2D eigenvalue weighted by Gasteiger charge is -2.39. The molecule has 98 valence electrons. The Balaban J connectivity index is 2.34. The van der Waals surface area contributed by atoms with E-state index in [1.54, 1.807) is 18.2 Å². The molecule has 0 bridgehead atoms. The molecule has 0 saturated carbocycles. The maximum absolute atomic E-state index is 11.4. The highest BCUT2D eigenvalue weighted by molar-refractivity contribution is 5.81. The summed E-state index contributed by atoms with van der Waals surface area (Å²) in [7, 11) is 0. The minimum Gasteiger partial charge on any atom is -0.394 e. The number of allylic oxidation sites excluding steroid dienone is 2. The van der Waals surface area contributed by atoms with Crippen molar-refractivity contribution >= 4 is 5.91 Å². The van der Waals surface area contributed by atoms with Gasteiger partial charge in [0.15, 0.2) is 0 Å². The zero-order valence-electron chi connectivity index (χ0n) is 10.6. The highest BCUT2D eigenvalue weighted by Crippen LogP contribution is 2.30. The number of amides is 1. The molecule has 0 saturated heterocycles. The van der Waals surface area contributed by atoms with Crippen molar-refractivity contribution in [1.29, 1.82) is 0 Å². The number of nitrogens with zero attached hydrogens (tertiary/aromatic N) is 2. The van der Waals surface area contributed by atoms with Crippen molar-refractivity contribution in [3.05, 3.63) is 35.8 Å². The van der Waals surface area contributed by atoms with Gasteiger partial charge in [-0.05, 0) is 24.1 Å². The first-order valence-corrected chi connectivity index (χ1v) is 6.06. The molecule has 2 N–H and O–H groups in total. The van der Waals surface area contributed by atoms with E-state index in [0.717, 1.165) is 5.70 Å². The Bertz CT molecular complexity index is 438. The van der Waals surface area contributed by atoms with E-state index in [0.29, 0.717) is 10.8 Å². The van der Waals surface area contributed by atoms with Gasteiger partial charge in [0.05, 0.1) is 24.0 Å². The van der Waals surface area contributed by atoms with Crippen molar-refractivity contribution in [2.75, 3.05) is 6.61 Å². The number of aliphatic hydroxyl groups is 1. The third-order valence-corrected chi connectivity index (χ3v) is 3.29. The van der Waals surface area contributed by atoms with Gasteiger partial charge < -0.3 is 10.0 Å². The van der Waals surface area contributed by atoms with Crippen LogP contribution in [-0.4, -0.2) is 38.8 Å². The zero-order valence-corrected chi connectivity index (χ0v) is 10.6. The molecule has 2 aliphatic heterocycles. The van der Waals surface area contributed by atoms with Crippen LogP contribution in [0.2, 0.25) is 0 Å². The lowest BCUT2D eigenvalue weighted by Crippen LogP contribution is -2.43. The molecule has 1 atom stereocenters. The van der Waals surface area contributed by atoms with Crippen molar-refractivity contribution in [1.82, 2.24) is 9.96 Å². The number of hydroxylamine groups is 2. The van der Waals surface area contributed by atoms with Crippen LogP contribution in [-0.2, 0) is 4.79 Å². The number of aliphatic hydroxyl groups excluding tert-OH is 1. The summed E-state index contributed by atoms with van der Waals surface area (Å²) in [6.07, 6.45) is 7.27. The summed E-state index contributed by atoms with van der Waals surface area (Å²) in [4.78, 5) is 13.3. The third kappa shape index (κ3) is 2.07. The van der Waals surface area contributed by atoms with Crippen LogP contribution >= 0.6 is 0 Å². The van der Waals surface area contributed by atoms with Crippen molar-refractivity contribution in [2.24, 2.45) is 5.92 Å². The number of fused-ring (bicyclic) bond motifs is 1. The van der Waals surface area contributed by atoms with Gasteiger partial charge in [0.2, 0.25) is 0 Å². The van der Waals surface area contributed by atoms with Gasteiger partial charge in [0.1, 0.15) is 0 Å². The summed E-state index contributed by atoms with van der Waals surface area (Å²) in [5, 5.41) is 19.9. The molecule has 2 aliphatic rings. The van der Waals surface area contributed by atoms with Gasteiger partial charge >= 0.3 is 0 Å². The van der Waals surface area contributed by atoms with Gasteiger partial charge in [-0.3, -0.25) is 10.0 Å². The fourth-order valence-electron chi connectivity index (χ4n) is 2.23. The fourth-order valence-corrected chi connectivity index (χ4v) is 2.23. The van der Waals surface area contributed by atoms with Gasteiger partial charge in [-0.15, -0.1) is 0 Å². The second kappa shape index (κ2) is 4.96. The number of hydrogen-bond acceptors (Lipinski definition) is 4. The molecule has 0 radical (unpaired) electrons. The lowest BCUT2D eigenvalue weighted by molar-refractivity contribution is -0.157. The molecule has 1 unspecified atom stereocenters. The fraction of sp³-hybridized carbons (Fsp3) is 0.462. The van der Waals surface area contributed by atoms with Crippen LogP contribution in [0, 0.1) is 5.92 Å². The second-order valence-electron chi connectivity index (χ2n) is 4.79. The number of rotatable bonds is 3. The molecule has 0 aromatic carbocycles. The average Bonchev–Trinajstić information content (AvgIpc) is 2.35. The first-order chi connectivity index (χ1) is 8.56. The Morgan fingerprint density at radius 1 is 1.39 bits per heavy atom. The summed E-state index contributed by atoms with van der Waals surface area (Å²) in [6.45, 7) is 4.07. The van der Waals surface area contributed by atoms with E-state index in [1.807, 2.05) is 24.9 Å². The molecule has 0 spiro atoms. The van der Waals surface area contributed by atoms with Gasteiger partial charge in [0.25, 0.3) is 5.91 Å². The van der Waals surface area contributed by atoms with E-state index in [-0.39, 0.29) is 30.9 Å². The smallest absolute Gasteiger partial charge is 0.254 e. The van der Waals surface area contributed by atoms with Crippen LogP contribution in [0.1, 0.15) is 20.3 Å².